The van der Waals surface area contributed by atoms with Crippen molar-refractivity contribution in [3.8, 4) is 0 Å². The highest BCUT2D eigenvalue weighted by atomic mass is 28.4. The molecule has 234 valence electrons. The van der Waals surface area contributed by atoms with Crippen LogP contribution in [0.2, 0.25) is 38.3 Å². The molecule has 0 aromatic heterocycles. The zero-order chi connectivity index (χ0) is 29.8. The third kappa shape index (κ3) is 14.8. The fourth-order valence-electron chi connectivity index (χ4n) is 5.85. The topological polar surface area (TPSA) is 19.0 Å². The third-order valence-corrected chi connectivity index (χ3v) is 20.9. The molecule has 0 atom stereocenters. The van der Waals surface area contributed by atoms with E-state index >= 15 is 0 Å². The summed E-state index contributed by atoms with van der Waals surface area (Å²) >= 11 is 0. The van der Waals surface area contributed by atoms with Crippen LogP contribution >= 0.6 is 0 Å². The minimum absolute atomic E-state index is 1.27. The Hall–Kier alpha value is 0.231. The van der Waals surface area contributed by atoms with Gasteiger partial charge in [-0.15, -0.1) is 6.58 Å². The van der Waals surface area contributed by atoms with Gasteiger partial charge >= 0.3 is 0 Å². The first-order chi connectivity index (χ1) is 18.5. The summed E-state index contributed by atoms with van der Waals surface area (Å²) < 4.78 is 16.4. The van der Waals surface area contributed by atoms with Gasteiger partial charge in [-0.05, 0) is 116 Å². The van der Waals surface area contributed by atoms with Crippen LogP contribution in [0.15, 0.2) is 12.3 Å². The van der Waals surface area contributed by atoms with Crippen molar-refractivity contribution in [2.45, 2.75) is 157 Å². The van der Waals surface area contributed by atoms with Gasteiger partial charge in [0.1, 0.15) is 0 Å². The van der Waals surface area contributed by atoms with Gasteiger partial charge < -0.3 is 4.12 Å². The minimum Gasteiger partial charge on any atom is -0.453 e. The van der Waals surface area contributed by atoms with Gasteiger partial charge in [-0.25, -0.2) is 0 Å². The maximum Gasteiger partial charge on any atom is 0.289 e. The fourth-order valence-corrected chi connectivity index (χ4v) is 21.3. The van der Waals surface area contributed by atoms with Crippen LogP contribution in [-0.2, 0) is 4.12 Å². The SMILES string of the molecule is C=C[Si](C)(C)O[Si](C)(C)CC[Si](N(CCCC)CCCC)(N(CCCC)CCCC)N(CCCC)CCCC. The maximum absolute atomic E-state index is 7.02. The fraction of sp³-hybridized carbons (Fsp3) is 0.938. The van der Waals surface area contributed by atoms with Gasteiger partial charge in [-0.2, -0.15) is 0 Å². The zero-order valence-electron chi connectivity index (χ0n) is 28.7. The molecule has 0 aromatic rings. The molecule has 7 heteroatoms. The summed E-state index contributed by atoms with van der Waals surface area (Å²) in [7, 11) is -5.82. The van der Waals surface area contributed by atoms with Crippen molar-refractivity contribution >= 4 is 25.2 Å². The summed E-state index contributed by atoms with van der Waals surface area (Å²) in [4.78, 5) is 0. The van der Waals surface area contributed by atoms with Crippen molar-refractivity contribution in [1.82, 2.24) is 13.7 Å². The molecular formula is C32H73N3OSi3. The first-order valence-corrected chi connectivity index (χ1v) is 25.3. The van der Waals surface area contributed by atoms with E-state index in [2.05, 4.69) is 93.7 Å². The lowest BCUT2D eigenvalue weighted by atomic mass is 10.3. The van der Waals surface area contributed by atoms with Crippen molar-refractivity contribution in [2.75, 3.05) is 39.3 Å². The summed E-state index contributed by atoms with van der Waals surface area (Å²) in [5.74, 6) is 0. The zero-order valence-corrected chi connectivity index (χ0v) is 31.7. The van der Waals surface area contributed by atoms with Crippen LogP contribution in [0.25, 0.3) is 0 Å². The molecule has 0 aliphatic rings. The van der Waals surface area contributed by atoms with Crippen LogP contribution in [0.1, 0.15) is 119 Å². The molecule has 39 heavy (non-hydrogen) atoms. The van der Waals surface area contributed by atoms with Crippen molar-refractivity contribution < 1.29 is 4.12 Å². The van der Waals surface area contributed by atoms with Crippen molar-refractivity contribution in [3.63, 3.8) is 0 Å². The van der Waals surface area contributed by atoms with Crippen LogP contribution in [0.4, 0.5) is 0 Å². The molecule has 0 spiro atoms. The average molecular weight is 600 g/mol. The van der Waals surface area contributed by atoms with E-state index in [9.17, 15) is 0 Å². The van der Waals surface area contributed by atoms with Crippen molar-refractivity contribution in [1.29, 1.82) is 0 Å². The molecule has 0 heterocycles. The summed E-state index contributed by atoms with van der Waals surface area (Å²) in [5, 5.41) is 0. The van der Waals surface area contributed by atoms with E-state index in [1.165, 1.54) is 128 Å². The van der Waals surface area contributed by atoms with Gasteiger partial charge in [0.05, 0.1) is 0 Å². The lowest BCUT2D eigenvalue weighted by Crippen LogP contribution is -2.76. The Balaban J connectivity index is 7.04. The second-order valence-corrected chi connectivity index (χ2v) is 25.4. The lowest BCUT2D eigenvalue weighted by Gasteiger charge is -2.55. The van der Waals surface area contributed by atoms with E-state index in [1.807, 2.05) is 0 Å². The second-order valence-electron chi connectivity index (χ2n) is 13.0. The van der Waals surface area contributed by atoms with Crippen LogP contribution in [0.3, 0.4) is 0 Å². The highest BCUT2D eigenvalue weighted by Crippen LogP contribution is 2.34. The predicted molar refractivity (Wildman–Crippen MR) is 186 cm³/mol. The molecule has 0 unspecified atom stereocenters. The predicted octanol–water partition coefficient (Wildman–Crippen LogP) is 9.78. The summed E-state index contributed by atoms with van der Waals surface area (Å²) in [5.41, 5.74) is 2.14. The third-order valence-electron chi connectivity index (χ3n) is 8.30. The van der Waals surface area contributed by atoms with Gasteiger partial charge in [-0.1, -0.05) is 85.8 Å². The number of rotatable bonds is 27. The Morgan fingerprint density at radius 2 is 0.795 bits per heavy atom. The molecule has 0 rings (SSSR count). The van der Waals surface area contributed by atoms with Gasteiger partial charge in [0.2, 0.25) is 0 Å². The van der Waals surface area contributed by atoms with Crippen LogP contribution in [0, 0.1) is 0 Å². The van der Waals surface area contributed by atoms with Crippen LogP contribution in [0.5, 0.6) is 0 Å². The molecule has 0 N–H and O–H groups in total. The molecule has 0 bridgehead atoms. The molecule has 0 fully saturated rings. The monoisotopic (exact) mass is 600 g/mol. The highest BCUT2D eigenvalue weighted by Gasteiger charge is 2.51. The molecule has 0 amide bonds. The minimum atomic E-state index is -2.16. The maximum atomic E-state index is 7.02. The molecule has 0 aliphatic carbocycles. The second kappa shape index (κ2) is 21.9. The number of hydrogen-bond donors (Lipinski definition) is 0. The summed E-state index contributed by atoms with van der Waals surface area (Å²) in [6, 6.07) is 2.60. The van der Waals surface area contributed by atoms with E-state index in [-0.39, 0.29) is 0 Å². The summed E-state index contributed by atoms with van der Waals surface area (Å²) in [6.07, 6.45) is 15.6. The van der Waals surface area contributed by atoms with Crippen molar-refractivity contribution in [2.24, 2.45) is 0 Å². The van der Waals surface area contributed by atoms with E-state index in [0.29, 0.717) is 0 Å². The number of nitrogens with zero attached hydrogens (tertiary/aromatic N) is 3. The Bertz CT molecular complexity index is 529. The number of hydrogen-bond acceptors (Lipinski definition) is 4. The first-order valence-electron chi connectivity index (χ1n) is 17.1. The average Bonchev–Trinajstić information content (AvgIpc) is 2.90. The van der Waals surface area contributed by atoms with Gasteiger partial charge in [-0.3, -0.25) is 13.7 Å². The van der Waals surface area contributed by atoms with Gasteiger partial charge in [0.15, 0.2) is 16.6 Å². The van der Waals surface area contributed by atoms with E-state index < -0.39 is 25.2 Å². The molecule has 4 nitrogen and oxygen atoms in total. The Labute approximate surface area is 250 Å². The van der Waals surface area contributed by atoms with Gasteiger partial charge in [0, 0.05) is 0 Å². The molecular weight excluding hydrogens is 527 g/mol. The van der Waals surface area contributed by atoms with Gasteiger partial charge in [0.25, 0.3) is 8.56 Å². The molecule has 0 saturated carbocycles. The highest BCUT2D eigenvalue weighted by molar-refractivity contribution is 6.88. The molecule has 0 aromatic carbocycles. The van der Waals surface area contributed by atoms with Crippen molar-refractivity contribution in [3.05, 3.63) is 12.3 Å². The smallest absolute Gasteiger partial charge is 0.289 e. The van der Waals surface area contributed by atoms with E-state index in [0.717, 1.165) is 0 Å². The number of unbranched alkanes of at least 4 members (excludes halogenated alkanes) is 6. The molecule has 0 aliphatic heterocycles. The lowest BCUT2D eigenvalue weighted by molar-refractivity contribution is 0.222. The molecule has 0 radical (unpaired) electrons. The Morgan fingerprint density at radius 1 is 0.513 bits per heavy atom. The largest absolute Gasteiger partial charge is 0.453 e. The normalized spacial score (nSPS) is 13.3. The summed E-state index contributed by atoms with van der Waals surface area (Å²) in [6.45, 7) is 35.7. The van der Waals surface area contributed by atoms with E-state index in [1.54, 1.807) is 0 Å². The Kier molecular flexibility index (Phi) is 22.0. The molecule has 0 saturated heterocycles. The Morgan fingerprint density at radius 3 is 1.03 bits per heavy atom. The van der Waals surface area contributed by atoms with Crippen LogP contribution < -0.4 is 0 Å². The van der Waals surface area contributed by atoms with Crippen LogP contribution in [-0.4, -0.2) is 78.2 Å². The van der Waals surface area contributed by atoms with E-state index in [4.69, 9.17) is 4.12 Å². The first kappa shape index (κ1) is 39.2. The standard InChI is InChI=1S/C32H73N3OSi3/c1-12-19-25-33(26-20-13-2)39(34(27-21-14-3)28-22-15-4,35(29-23-16-5)30-24-17-6)32-31-38(10,11)36-37(8,9)18-7/h18H,7,12-17,19-32H2,1-6,8-11H3. The quantitative estimate of drug-likeness (QED) is 0.0875.